The highest BCUT2D eigenvalue weighted by atomic mass is 32.2. The van der Waals surface area contributed by atoms with Gasteiger partial charge in [-0.25, -0.2) is 18.1 Å². The van der Waals surface area contributed by atoms with Crippen LogP contribution in [0.1, 0.15) is 52.4 Å². The van der Waals surface area contributed by atoms with E-state index in [-0.39, 0.29) is 44.2 Å². The van der Waals surface area contributed by atoms with Crippen LogP contribution in [0.2, 0.25) is 0 Å². The molecule has 0 saturated heterocycles. The van der Waals surface area contributed by atoms with E-state index < -0.39 is 63.4 Å². The summed E-state index contributed by atoms with van der Waals surface area (Å²) in [5.41, 5.74) is 1.17. The second-order valence-electron chi connectivity index (χ2n) is 12.7. The van der Waals surface area contributed by atoms with Crippen molar-refractivity contribution in [3.63, 3.8) is 0 Å². The molecule has 0 spiro atoms. The number of fused-ring (bicyclic) bond motifs is 1. The Labute approximate surface area is 295 Å². The topological polar surface area (TPSA) is 226 Å². The van der Waals surface area contributed by atoms with Crippen LogP contribution in [0.5, 0.6) is 0 Å². The van der Waals surface area contributed by atoms with E-state index in [2.05, 4.69) is 41.5 Å². The number of sulfonamides is 1. The first-order chi connectivity index (χ1) is 24.3. The lowest BCUT2D eigenvalue weighted by Crippen LogP contribution is -2.54. The van der Waals surface area contributed by atoms with E-state index in [4.69, 9.17) is 4.42 Å². The molecule has 1 aliphatic rings. The van der Waals surface area contributed by atoms with Crippen molar-refractivity contribution in [2.75, 3.05) is 19.6 Å². The van der Waals surface area contributed by atoms with Crippen LogP contribution in [0.4, 0.5) is 0 Å². The van der Waals surface area contributed by atoms with E-state index >= 15 is 0 Å². The van der Waals surface area contributed by atoms with Gasteiger partial charge in [0.15, 0.2) is 11.6 Å². The molecule has 51 heavy (non-hydrogen) atoms. The van der Waals surface area contributed by atoms with Gasteiger partial charge in [0.1, 0.15) is 30.1 Å². The van der Waals surface area contributed by atoms with Gasteiger partial charge in [-0.1, -0.05) is 44.2 Å². The Morgan fingerprint density at radius 3 is 2.37 bits per heavy atom. The van der Waals surface area contributed by atoms with Crippen molar-refractivity contribution in [3.05, 3.63) is 60.6 Å². The van der Waals surface area contributed by atoms with Crippen molar-refractivity contribution in [1.29, 1.82) is 0 Å². The summed E-state index contributed by atoms with van der Waals surface area (Å²) >= 11 is 0. The highest BCUT2D eigenvalue weighted by molar-refractivity contribution is 7.89. The first-order valence-corrected chi connectivity index (χ1v) is 18.0. The largest absolute Gasteiger partial charge is 0.442 e. The third-order valence-electron chi connectivity index (χ3n) is 8.05. The van der Waals surface area contributed by atoms with Gasteiger partial charge in [0, 0.05) is 24.8 Å². The fourth-order valence-electron chi connectivity index (χ4n) is 5.47. The molecule has 17 nitrogen and oxygen atoms in total. The zero-order chi connectivity index (χ0) is 36.7. The number of carbonyl (C=O) groups excluding carboxylic acids is 4. The standard InChI is InChI=1S/C33H42N10O7S/c1-20(2)17-25-33(47)37-21(3)31-39-30(23-9-6-5-7-10-23)41-43(31)19-27(44)34-14-8-16-42(18-28(45)36-22(4)32(46)38-25)51(48,49)29-12-11-26(50-29)24-13-15-35-40-24/h5-7,9-13,15,20-22,25H,8,14,16-19H2,1-4H3,(H,34,44)(H,35,40)(H,36,45)(H,37,47)(H,38,46)/t21-,22+,25+/m0/s1. The fraction of sp³-hybridized carbons (Fsp3) is 0.424. The minimum atomic E-state index is -4.36. The summed E-state index contributed by atoms with van der Waals surface area (Å²) in [6, 6.07) is 10.7. The number of amides is 4. The molecule has 4 aromatic rings. The molecule has 18 heteroatoms. The first kappa shape index (κ1) is 36.9. The van der Waals surface area contributed by atoms with Gasteiger partial charge < -0.3 is 25.7 Å². The van der Waals surface area contributed by atoms with Crippen molar-refractivity contribution in [2.45, 2.75) is 70.3 Å². The Morgan fingerprint density at radius 2 is 1.67 bits per heavy atom. The van der Waals surface area contributed by atoms with Gasteiger partial charge in [-0.2, -0.15) is 14.5 Å². The Balaban J connectivity index is 1.43. The molecule has 4 heterocycles. The average Bonchev–Trinajstić information content (AvgIpc) is 3.87. The highest BCUT2D eigenvalue weighted by Crippen LogP contribution is 2.25. The minimum absolute atomic E-state index is 0.00837. The molecule has 0 bridgehead atoms. The number of nitrogens with zero attached hydrogens (tertiary/aromatic N) is 5. The van der Waals surface area contributed by atoms with Gasteiger partial charge in [0.05, 0.1) is 12.6 Å². The van der Waals surface area contributed by atoms with E-state index in [9.17, 15) is 27.6 Å². The second-order valence-corrected chi connectivity index (χ2v) is 14.5. The number of benzene rings is 1. The number of furan rings is 1. The van der Waals surface area contributed by atoms with Gasteiger partial charge in [-0.3, -0.25) is 24.3 Å². The van der Waals surface area contributed by atoms with E-state index in [0.717, 1.165) is 4.31 Å². The quantitative estimate of drug-likeness (QED) is 0.192. The average molecular weight is 723 g/mol. The zero-order valence-electron chi connectivity index (χ0n) is 28.8. The summed E-state index contributed by atoms with van der Waals surface area (Å²) in [6.45, 7) is 5.94. The number of carbonyl (C=O) groups is 4. The third kappa shape index (κ3) is 9.26. The van der Waals surface area contributed by atoms with Crippen LogP contribution in [-0.4, -0.2) is 93.0 Å². The van der Waals surface area contributed by atoms with Crippen LogP contribution in [0.3, 0.4) is 0 Å². The van der Waals surface area contributed by atoms with Crippen molar-refractivity contribution < 1.29 is 32.0 Å². The Kier molecular flexibility index (Phi) is 11.7. The van der Waals surface area contributed by atoms with E-state index in [0.29, 0.717) is 22.9 Å². The van der Waals surface area contributed by atoms with Crippen LogP contribution in [-0.2, 0) is 35.7 Å². The van der Waals surface area contributed by atoms with Gasteiger partial charge in [-0.05, 0) is 50.8 Å². The van der Waals surface area contributed by atoms with E-state index in [1.807, 2.05) is 44.2 Å². The molecule has 272 valence electrons. The van der Waals surface area contributed by atoms with Gasteiger partial charge in [0.2, 0.25) is 28.7 Å². The lowest BCUT2D eigenvalue weighted by atomic mass is 10.0. The summed E-state index contributed by atoms with van der Waals surface area (Å²) in [4.78, 5) is 57.9. The van der Waals surface area contributed by atoms with Crippen molar-refractivity contribution in [2.24, 2.45) is 5.92 Å². The predicted molar refractivity (Wildman–Crippen MR) is 184 cm³/mol. The molecule has 5 rings (SSSR count). The summed E-state index contributed by atoms with van der Waals surface area (Å²) < 4.78 is 35.5. The Hall–Kier alpha value is -5.36. The smallest absolute Gasteiger partial charge is 0.276 e. The number of hydrogen-bond donors (Lipinski definition) is 5. The van der Waals surface area contributed by atoms with Gasteiger partial charge in [0.25, 0.3) is 10.0 Å². The van der Waals surface area contributed by atoms with E-state index in [1.54, 1.807) is 13.0 Å². The van der Waals surface area contributed by atoms with Crippen LogP contribution in [0, 0.1) is 5.92 Å². The van der Waals surface area contributed by atoms with Crippen LogP contribution in [0.25, 0.3) is 22.8 Å². The molecule has 3 aromatic heterocycles. The van der Waals surface area contributed by atoms with Crippen LogP contribution < -0.4 is 21.3 Å². The SMILES string of the molecule is CC(C)C[C@H]1NC(=O)[C@@H](C)NC(=O)CN(S(=O)(=O)c2ccc(-c3ccn[nH]3)o2)CCCNC(=O)Cn2nc(-c3ccccc3)nc2[C@H](C)NC1=O. The maximum atomic E-state index is 13.8. The number of hydrogen-bond acceptors (Lipinski definition) is 10. The molecule has 0 saturated carbocycles. The molecule has 0 aliphatic carbocycles. The molecule has 1 aliphatic heterocycles. The molecule has 5 N–H and O–H groups in total. The summed E-state index contributed by atoms with van der Waals surface area (Å²) in [5, 5.41) is 21.6. The number of H-pyrrole nitrogens is 1. The maximum Gasteiger partial charge on any atom is 0.276 e. The number of nitrogens with one attached hydrogen (secondary N) is 5. The van der Waals surface area contributed by atoms with Gasteiger partial charge >= 0.3 is 0 Å². The summed E-state index contributed by atoms with van der Waals surface area (Å²) in [7, 11) is -4.36. The summed E-state index contributed by atoms with van der Waals surface area (Å²) in [6.07, 6.45) is 1.90. The lowest BCUT2D eigenvalue weighted by Gasteiger charge is -2.25. The number of aromatic amines is 1. The number of aromatic nitrogens is 5. The summed E-state index contributed by atoms with van der Waals surface area (Å²) in [5.74, 6) is -1.42. The molecule has 3 atom stereocenters. The number of rotatable bonds is 6. The molecule has 4 amide bonds. The Morgan fingerprint density at radius 1 is 0.902 bits per heavy atom. The van der Waals surface area contributed by atoms with Crippen LogP contribution >= 0.6 is 0 Å². The molecule has 0 unspecified atom stereocenters. The van der Waals surface area contributed by atoms with E-state index in [1.165, 1.54) is 29.9 Å². The second kappa shape index (κ2) is 16.1. The van der Waals surface area contributed by atoms with Gasteiger partial charge in [-0.15, -0.1) is 0 Å². The lowest BCUT2D eigenvalue weighted by molar-refractivity contribution is -0.132. The van der Waals surface area contributed by atoms with Crippen LogP contribution in [0.15, 0.2) is 64.2 Å². The molecule has 1 aromatic carbocycles. The molecule has 0 fully saturated rings. The Bertz CT molecular complexity index is 1940. The monoisotopic (exact) mass is 722 g/mol. The predicted octanol–water partition coefficient (Wildman–Crippen LogP) is 1.35. The maximum absolute atomic E-state index is 13.8. The first-order valence-electron chi connectivity index (χ1n) is 16.6. The third-order valence-corrected chi connectivity index (χ3v) is 9.77. The highest BCUT2D eigenvalue weighted by Gasteiger charge is 2.32. The molecular formula is C33H42N10O7S. The molecular weight excluding hydrogens is 680 g/mol. The normalized spacial score (nSPS) is 20.7. The zero-order valence-corrected chi connectivity index (χ0v) is 29.6. The fourth-order valence-corrected chi connectivity index (χ4v) is 6.82. The van der Waals surface area contributed by atoms with Crippen molar-refractivity contribution in [3.8, 4) is 22.8 Å². The minimum Gasteiger partial charge on any atom is -0.442 e. The van der Waals surface area contributed by atoms with Crippen molar-refractivity contribution in [1.82, 2.24) is 50.5 Å². The van der Waals surface area contributed by atoms with Crippen molar-refractivity contribution >= 4 is 33.7 Å². The molecule has 0 radical (unpaired) electrons.